The lowest BCUT2D eigenvalue weighted by molar-refractivity contribution is -0.137. The van der Waals surface area contributed by atoms with Crippen molar-refractivity contribution in [3.63, 3.8) is 0 Å². The quantitative estimate of drug-likeness (QED) is 0.456. The maximum atomic E-state index is 11.6. The third-order valence-corrected chi connectivity index (χ3v) is 9.51. The molecule has 3 nitrogen and oxygen atoms in total. The minimum Gasteiger partial charge on any atom is -0.463 e. The van der Waals surface area contributed by atoms with Crippen LogP contribution in [-0.4, -0.2) is 25.7 Å². The molecule has 1 aromatic rings. The molecule has 23 heavy (non-hydrogen) atoms. The van der Waals surface area contributed by atoms with Crippen LogP contribution in [-0.2, 0) is 15.6 Å². The normalized spacial score (nSPS) is 12.4. The number of hydrogen-bond donors (Lipinski definition) is 1. The molecule has 0 aliphatic rings. The Hall–Kier alpha value is -1.39. The standard InChI is InChI=1S/C19H30O3Si/c1-7-22-19(20)12-11-17-10-8-9-16(6)18(17)13-23(21,14(2)3)15(4)5/h8-12,14-15,21H,7,13H2,1-6H3/b12-11+. The Balaban J connectivity index is 3.18. The summed E-state index contributed by atoms with van der Waals surface area (Å²) in [5.41, 5.74) is 3.85. The molecule has 0 saturated heterocycles. The van der Waals surface area contributed by atoms with Crippen LogP contribution in [0.25, 0.3) is 6.08 Å². The number of rotatable bonds is 7. The molecule has 128 valence electrons. The second-order valence-corrected chi connectivity index (χ2v) is 11.4. The van der Waals surface area contributed by atoms with Crippen LogP contribution < -0.4 is 0 Å². The lowest BCUT2D eigenvalue weighted by Crippen LogP contribution is -2.44. The zero-order valence-corrected chi connectivity index (χ0v) is 16.2. The van der Waals surface area contributed by atoms with Gasteiger partial charge in [-0.15, -0.1) is 0 Å². The lowest BCUT2D eigenvalue weighted by atomic mass is 10.0. The first-order valence-corrected chi connectivity index (χ1v) is 10.7. The van der Waals surface area contributed by atoms with Crippen LogP contribution in [0.15, 0.2) is 24.3 Å². The van der Waals surface area contributed by atoms with Crippen LogP contribution in [0, 0.1) is 6.92 Å². The molecule has 4 heteroatoms. The van der Waals surface area contributed by atoms with Gasteiger partial charge in [0.15, 0.2) is 8.32 Å². The molecule has 0 aliphatic heterocycles. The number of carbonyl (C=O) groups excluding carboxylic acids is 1. The number of hydrogen-bond acceptors (Lipinski definition) is 3. The SMILES string of the molecule is CCOC(=O)/C=C/c1cccc(C)c1C[Si](O)(C(C)C)C(C)C. The molecule has 0 atom stereocenters. The van der Waals surface area contributed by atoms with Crippen molar-refractivity contribution in [2.45, 2.75) is 58.7 Å². The third-order valence-electron chi connectivity index (χ3n) is 4.59. The summed E-state index contributed by atoms with van der Waals surface area (Å²) in [6, 6.07) is 6.74. The molecule has 0 amide bonds. The molecular weight excluding hydrogens is 304 g/mol. The zero-order valence-electron chi connectivity index (χ0n) is 15.2. The molecule has 0 aliphatic carbocycles. The van der Waals surface area contributed by atoms with Crippen molar-refractivity contribution >= 4 is 20.4 Å². The van der Waals surface area contributed by atoms with Crippen molar-refractivity contribution in [2.24, 2.45) is 0 Å². The monoisotopic (exact) mass is 334 g/mol. The van der Waals surface area contributed by atoms with E-state index in [-0.39, 0.29) is 17.1 Å². The second-order valence-electron chi connectivity index (χ2n) is 6.71. The van der Waals surface area contributed by atoms with Gasteiger partial charge in [-0.25, -0.2) is 4.79 Å². The number of aryl methyl sites for hydroxylation is 1. The van der Waals surface area contributed by atoms with E-state index >= 15 is 0 Å². The van der Waals surface area contributed by atoms with Gasteiger partial charge in [-0.2, -0.15) is 0 Å². The van der Waals surface area contributed by atoms with Crippen molar-refractivity contribution < 1.29 is 14.3 Å². The Bertz CT molecular complexity index is 554. The van der Waals surface area contributed by atoms with E-state index in [4.69, 9.17) is 4.74 Å². The molecule has 0 spiro atoms. The van der Waals surface area contributed by atoms with Gasteiger partial charge in [-0.3, -0.25) is 0 Å². The van der Waals surface area contributed by atoms with Gasteiger partial charge in [0.05, 0.1) is 6.61 Å². The highest BCUT2D eigenvalue weighted by molar-refractivity contribution is 6.74. The van der Waals surface area contributed by atoms with E-state index in [1.807, 2.05) is 12.1 Å². The molecule has 0 bridgehead atoms. The van der Waals surface area contributed by atoms with Crippen LogP contribution in [0.5, 0.6) is 0 Å². The fraction of sp³-hybridized carbons (Fsp3) is 0.526. The van der Waals surface area contributed by atoms with Gasteiger partial charge >= 0.3 is 5.97 Å². The van der Waals surface area contributed by atoms with Crippen LogP contribution in [0.1, 0.15) is 51.3 Å². The van der Waals surface area contributed by atoms with Gasteiger partial charge in [-0.05, 0) is 53.7 Å². The van der Waals surface area contributed by atoms with Crippen molar-refractivity contribution in [3.8, 4) is 0 Å². The molecule has 0 radical (unpaired) electrons. The highest BCUT2D eigenvalue weighted by Gasteiger charge is 2.39. The highest BCUT2D eigenvalue weighted by Crippen LogP contribution is 2.34. The summed E-state index contributed by atoms with van der Waals surface area (Å²) in [5, 5.41) is 0. The summed E-state index contributed by atoms with van der Waals surface area (Å²) < 4.78 is 4.94. The van der Waals surface area contributed by atoms with Crippen LogP contribution in [0.4, 0.5) is 0 Å². The fourth-order valence-corrected chi connectivity index (χ4v) is 6.03. The first-order chi connectivity index (χ1) is 10.7. The van der Waals surface area contributed by atoms with Gasteiger partial charge in [-0.1, -0.05) is 45.9 Å². The molecule has 0 saturated carbocycles. The van der Waals surface area contributed by atoms with Gasteiger partial charge < -0.3 is 9.53 Å². The zero-order chi connectivity index (χ0) is 17.6. The summed E-state index contributed by atoms with van der Waals surface area (Å²) in [7, 11) is -2.43. The fourth-order valence-electron chi connectivity index (χ4n) is 2.83. The van der Waals surface area contributed by atoms with E-state index in [1.165, 1.54) is 6.08 Å². The summed E-state index contributed by atoms with van der Waals surface area (Å²) in [6.07, 6.45) is 3.27. The maximum Gasteiger partial charge on any atom is 0.330 e. The van der Waals surface area contributed by atoms with Gasteiger partial charge in [0, 0.05) is 6.08 Å². The summed E-state index contributed by atoms with van der Waals surface area (Å²) in [4.78, 5) is 22.8. The largest absolute Gasteiger partial charge is 0.463 e. The number of esters is 1. The molecule has 0 aromatic heterocycles. The number of benzene rings is 1. The molecule has 0 fully saturated rings. The first kappa shape index (κ1) is 19.7. The lowest BCUT2D eigenvalue weighted by Gasteiger charge is -2.34. The predicted molar refractivity (Wildman–Crippen MR) is 98.7 cm³/mol. The maximum absolute atomic E-state index is 11.6. The van der Waals surface area contributed by atoms with E-state index in [9.17, 15) is 9.59 Å². The Morgan fingerprint density at radius 2 is 1.87 bits per heavy atom. The van der Waals surface area contributed by atoms with Crippen molar-refractivity contribution in [2.75, 3.05) is 6.61 Å². The Morgan fingerprint density at radius 3 is 2.39 bits per heavy atom. The average molecular weight is 335 g/mol. The number of carbonyl (C=O) groups is 1. The number of ether oxygens (including phenoxy) is 1. The van der Waals surface area contributed by atoms with Crippen LogP contribution in [0.2, 0.25) is 11.1 Å². The smallest absolute Gasteiger partial charge is 0.330 e. The first-order valence-electron chi connectivity index (χ1n) is 8.38. The second kappa shape index (κ2) is 8.46. The van der Waals surface area contributed by atoms with E-state index in [0.717, 1.165) is 16.7 Å². The molecular formula is C19H30O3Si. The average Bonchev–Trinajstić information content (AvgIpc) is 2.47. The minimum absolute atomic E-state index is 0.281. The van der Waals surface area contributed by atoms with E-state index < -0.39 is 8.32 Å². The van der Waals surface area contributed by atoms with E-state index in [2.05, 4.69) is 40.7 Å². The van der Waals surface area contributed by atoms with E-state index in [0.29, 0.717) is 12.7 Å². The Labute approximate surface area is 141 Å². The highest BCUT2D eigenvalue weighted by atomic mass is 28.4. The molecule has 1 rings (SSSR count). The van der Waals surface area contributed by atoms with Crippen molar-refractivity contribution in [3.05, 3.63) is 41.0 Å². The molecule has 0 heterocycles. The van der Waals surface area contributed by atoms with Gasteiger partial charge in [0.25, 0.3) is 0 Å². The molecule has 1 N–H and O–H groups in total. The van der Waals surface area contributed by atoms with Crippen molar-refractivity contribution in [1.29, 1.82) is 0 Å². The molecule has 1 aromatic carbocycles. The predicted octanol–water partition coefficient (Wildman–Crippen LogP) is 4.41. The van der Waals surface area contributed by atoms with Gasteiger partial charge in [0.1, 0.15) is 0 Å². The van der Waals surface area contributed by atoms with Crippen molar-refractivity contribution in [1.82, 2.24) is 0 Å². The summed E-state index contributed by atoms with van der Waals surface area (Å²) in [6.45, 7) is 12.7. The third kappa shape index (κ3) is 5.04. The molecule has 0 unspecified atom stereocenters. The minimum atomic E-state index is -2.43. The van der Waals surface area contributed by atoms with Crippen LogP contribution >= 0.6 is 0 Å². The Kier molecular flexibility index (Phi) is 7.23. The topological polar surface area (TPSA) is 46.5 Å². The van der Waals surface area contributed by atoms with E-state index in [1.54, 1.807) is 13.0 Å². The van der Waals surface area contributed by atoms with Gasteiger partial charge in [0.2, 0.25) is 0 Å². The Morgan fingerprint density at radius 1 is 1.26 bits per heavy atom. The summed E-state index contributed by atoms with van der Waals surface area (Å²) >= 11 is 0. The van der Waals surface area contributed by atoms with Crippen LogP contribution in [0.3, 0.4) is 0 Å². The summed E-state index contributed by atoms with van der Waals surface area (Å²) in [5.74, 6) is -0.333.